The molecule has 0 bridgehead atoms. The minimum absolute atomic E-state index is 0.0296. The average Bonchev–Trinajstić information content (AvgIpc) is 2.95. The van der Waals surface area contributed by atoms with E-state index in [1.807, 2.05) is 0 Å². The van der Waals surface area contributed by atoms with Crippen LogP contribution in [0.25, 0.3) is 0 Å². The molecule has 0 aromatic rings. The molecule has 2 fully saturated rings. The summed E-state index contributed by atoms with van der Waals surface area (Å²) >= 11 is 0. The Balaban J connectivity index is 1.93. The SMILES string of the molecule is COC1(CNS(=O)(=O)N2CCCC(CO)C2)CCOC1. The average molecular weight is 308 g/mol. The molecule has 0 radical (unpaired) electrons. The van der Waals surface area contributed by atoms with Crippen LogP contribution in [0.1, 0.15) is 19.3 Å². The lowest BCUT2D eigenvalue weighted by atomic mass is 10.0. The van der Waals surface area contributed by atoms with Gasteiger partial charge in [0, 0.05) is 46.4 Å². The Morgan fingerprint density at radius 1 is 1.55 bits per heavy atom. The fourth-order valence-electron chi connectivity index (χ4n) is 2.67. The molecule has 2 aliphatic rings. The van der Waals surface area contributed by atoms with E-state index in [1.165, 1.54) is 4.31 Å². The molecule has 118 valence electrons. The molecule has 2 N–H and O–H groups in total. The topological polar surface area (TPSA) is 88.1 Å². The van der Waals surface area contributed by atoms with Crippen LogP contribution in [0.3, 0.4) is 0 Å². The molecule has 0 aromatic heterocycles. The van der Waals surface area contributed by atoms with Crippen molar-refractivity contribution in [1.82, 2.24) is 9.03 Å². The predicted octanol–water partition coefficient (Wildman–Crippen LogP) is -0.669. The fraction of sp³-hybridized carbons (Fsp3) is 1.00. The highest BCUT2D eigenvalue weighted by molar-refractivity contribution is 7.87. The van der Waals surface area contributed by atoms with Crippen LogP contribution in [0.15, 0.2) is 0 Å². The number of nitrogens with zero attached hydrogens (tertiary/aromatic N) is 1. The third-order valence-corrected chi connectivity index (χ3v) is 5.68. The summed E-state index contributed by atoms with van der Waals surface area (Å²) in [6, 6.07) is 0. The van der Waals surface area contributed by atoms with Crippen LogP contribution in [-0.4, -0.2) is 70.0 Å². The van der Waals surface area contributed by atoms with Gasteiger partial charge >= 0.3 is 0 Å². The lowest BCUT2D eigenvalue weighted by molar-refractivity contribution is -0.0123. The van der Waals surface area contributed by atoms with Crippen LogP contribution in [-0.2, 0) is 19.7 Å². The zero-order valence-corrected chi connectivity index (χ0v) is 12.7. The van der Waals surface area contributed by atoms with E-state index in [-0.39, 0.29) is 19.1 Å². The minimum atomic E-state index is -3.53. The second-order valence-corrected chi connectivity index (χ2v) is 7.32. The third-order valence-electron chi connectivity index (χ3n) is 4.16. The number of aliphatic hydroxyl groups is 1. The van der Waals surface area contributed by atoms with Crippen molar-refractivity contribution in [3.63, 3.8) is 0 Å². The molecule has 2 saturated heterocycles. The first-order valence-electron chi connectivity index (χ1n) is 7.00. The van der Waals surface area contributed by atoms with E-state index in [0.717, 1.165) is 12.8 Å². The smallest absolute Gasteiger partial charge is 0.279 e. The number of rotatable bonds is 6. The van der Waals surface area contributed by atoms with Gasteiger partial charge in [-0.15, -0.1) is 0 Å². The third kappa shape index (κ3) is 3.69. The number of methoxy groups -OCH3 is 1. The molecule has 2 rings (SSSR count). The first-order valence-corrected chi connectivity index (χ1v) is 8.44. The lowest BCUT2D eigenvalue weighted by Gasteiger charge is -2.32. The zero-order valence-electron chi connectivity index (χ0n) is 11.9. The van der Waals surface area contributed by atoms with E-state index in [4.69, 9.17) is 9.47 Å². The molecule has 7 nitrogen and oxygen atoms in total. The van der Waals surface area contributed by atoms with Crippen LogP contribution >= 0.6 is 0 Å². The van der Waals surface area contributed by atoms with Crippen molar-refractivity contribution in [3.8, 4) is 0 Å². The normalized spacial score (nSPS) is 32.6. The van der Waals surface area contributed by atoms with Gasteiger partial charge in [-0.2, -0.15) is 17.4 Å². The number of hydrogen-bond acceptors (Lipinski definition) is 5. The van der Waals surface area contributed by atoms with Crippen molar-refractivity contribution >= 4 is 10.2 Å². The van der Waals surface area contributed by atoms with E-state index < -0.39 is 15.8 Å². The van der Waals surface area contributed by atoms with Crippen LogP contribution < -0.4 is 4.72 Å². The van der Waals surface area contributed by atoms with E-state index in [2.05, 4.69) is 4.72 Å². The number of piperidine rings is 1. The molecule has 0 amide bonds. The standard InChI is InChI=1S/C12H24N2O5S/c1-18-12(4-6-19-10-12)9-13-20(16,17)14-5-2-3-11(7-14)8-15/h11,13,15H,2-10H2,1H3. The molecule has 0 aliphatic carbocycles. The van der Waals surface area contributed by atoms with Crippen molar-refractivity contribution < 1.29 is 23.0 Å². The Morgan fingerprint density at radius 3 is 2.95 bits per heavy atom. The molecule has 0 aromatic carbocycles. The van der Waals surface area contributed by atoms with Gasteiger partial charge in [0.05, 0.1) is 6.61 Å². The van der Waals surface area contributed by atoms with Crippen molar-refractivity contribution in [2.75, 3.05) is 46.6 Å². The summed E-state index contributed by atoms with van der Waals surface area (Å²) in [4.78, 5) is 0. The summed E-state index contributed by atoms with van der Waals surface area (Å²) in [7, 11) is -1.95. The van der Waals surface area contributed by atoms with Gasteiger partial charge in [0.2, 0.25) is 0 Å². The highest BCUT2D eigenvalue weighted by Gasteiger charge is 2.37. The molecule has 2 atom stereocenters. The van der Waals surface area contributed by atoms with Gasteiger partial charge in [-0.3, -0.25) is 0 Å². The van der Waals surface area contributed by atoms with Crippen LogP contribution in [0.5, 0.6) is 0 Å². The quantitative estimate of drug-likeness (QED) is 0.679. The first-order chi connectivity index (χ1) is 9.51. The Bertz CT molecular complexity index is 408. The molecule has 20 heavy (non-hydrogen) atoms. The maximum absolute atomic E-state index is 12.3. The largest absolute Gasteiger partial charge is 0.396 e. The zero-order chi connectivity index (χ0) is 14.6. The molecular weight excluding hydrogens is 284 g/mol. The van der Waals surface area contributed by atoms with Gasteiger partial charge in [-0.05, 0) is 18.8 Å². The van der Waals surface area contributed by atoms with Gasteiger partial charge in [-0.25, -0.2) is 0 Å². The first kappa shape index (κ1) is 16.1. The van der Waals surface area contributed by atoms with Crippen molar-refractivity contribution in [2.24, 2.45) is 5.92 Å². The maximum Gasteiger partial charge on any atom is 0.279 e. The molecular formula is C12H24N2O5S. The summed E-state index contributed by atoms with van der Waals surface area (Å²) in [5.41, 5.74) is -0.556. The summed E-state index contributed by atoms with van der Waals surface area (Å²) < 4.78 is 39.3. The highest BCUT2D eigenvalue weighted by Crippen LogP contribution is 2.23. The van der Waals surface area contributed by atoms with Gasteiger partial charge in [0.1, 0.15) is 5.60 Å². The lowest BCUT2D eigenvalue weighted by Crippen LogP contribution is -2.51. The number of aliphatic hydroxyl groups excluding tert-OH is 1. The molecule has 2 aliphatic heterocycles. The van der Waals surface area contributed by atoms with E-state index in [0.29, 0.717) is 32.7 Å². The summed E-state index contributed by atoms with van der Waals surface area (Å²) in [6.07, 6.45) is 2.34. The Kier molecular flexibility index (Phi) is 5.38. The summed E-state index contributed by atoms with van der Waals surface area (Å²) in [6.45, 7) is 2.12. The highest BCUT2D eigenvalue weighted by atomic mass is 32.2. The van der Waals surface area contributed by atoms with Gasteiger partial charge in [0.25, 0.3) is 10.2 Å². The minimum Gasteiger partial charge on any atom is -0.396 e. The molecule has 0 saturated carbocycles. The summed E-state index contributed by atoms with van der Waals surface area (Å²) in [5.74, 6) is 0.0338. The second kappa shape index (κ2) is 6.67. The second-order valence-electron chi connectivity index (χ2n) is 5.56. The van der Waals surface area contributed by atoms with Crippen LogP contribution in [0, 0.1) is 5.92 Å². The summed E-state index contributed by atoms with van der Waals surface area (Å²) in [5, 5.41) is 9.18. The van der Waals surface area contributed by atoms with Crippen molar-refractivity contribution in [3.05, 3.63) is 0 Å². The fourth-order valence-corrected chi connectivity index (χ4v) is 4.07. The number of hydrogen-bond donors (Lipinski definition) is 2. The Hall–Kier alpha value is -0.250. The Labute approximate surface area is 120 Å². The van der Waals surface area contributed by atoms with Gasteiger partial charge in [-0.1, -0.05) is 0 Å². The van der Waals surface area contributed by atoms with Crippen LogP contribution in [0.2, 0.25) is 0 Å². The van der Waals surface area contributed by atoms with Gasteiger partial charge < -0.3 is 14.6 Å². The van der Waals surface area contributed by atoms with E-state index >= 15 is 0 Å². The molecule has 2 unspecified atom stereocenters. The molecule has 8 heteroatoms. The number of ether oxygens (including phenoxy) is 2. The van der Waals surface area contributed by atoms with E-state index in [1.54, 1.807) is 7.11 Å². The molecule has 0 spiro atoms. The van der Waals surface area contributed by atoms with E-state index in [9.17, 15) is 13.5 Å². The van der Waals surface area contributed by atoms with Crippen molar-refractivity contribution in [1.29, 1.82) is 0 Å². The maximum atomic E-state index is 12.3. The monoisotopic (exact) mass is 308 g/mol. The van der Waals surface area contributed by atoms with Gasteiger partial charge in [0.15, 0.2) is 0 Å². The predicted molar refractivity (Wildman–Crippen MR) is 73.5 cm³/mol. The van der Waals surface area contributed by atoms with Crippen LogP contribution in [0.4, 0.5) is 0 Å². The Morgan fingerprint density at radius 2 is 2.35 bits per heavy atom. The van der Waals surface area contributed by atoms with Crippen molar-refractivity contribution in [2.45, 2.75) is 24.9 Å². The number of nitrogens with one attached hydrogen (secondary N) is 1. The molecule has 2 heterocycles.